The Kier molecular flexibility index (Phi) is 4.49. The molecule has 0 spiro atoms. The third-order valence-electron chi connectivity index (χ3n) is 2.81. The van der Waals surface area contributed by atoms with Crippen LogP contribution in [0.15, 0.2) is 59.5 Å². The molecule has 6 heteroatoms. The number of rotatable bonds is 5. The summed E-state index contributed by atoms with van der Waals surface area (Å²) in [6.45, 7) is -0.371. The van der Waals surface area contributed by atoms with E-state index in [1.165, 1.54) is 12.1 Å². The number of aliphatic hydroxyl groups is 1. The zero-order valence-corrected chi connectivity index (χ0v) is 11.3. The first-order chi connectivity index (χ1) is 9.53. The largest absolute Gasteiger partial charge is 0.394 e. The Hall–Kier alpha value is -1.76. The number of benzene rings is 2. The number of halogens is 1. The van der Waals surface area contributed by atoms with Crippen molar-refractivity contribution in [2.75, 3.05) is 6.61 Å². The van der Waals surface area contributed by atoms with E-state index in [-0.39, 0.29) is 11.5 Å². The second-order valence-electron chi connectivity index (χ2n) is 4.22. The van der Waals surface area contributed by atoms with Crippen molar-refractivity contribution in [2.45, 2.75) is 10.9 Å². The molecule has 0 fully saturated rings. The fourth-order valence-corrected chi connectivity index (χ4v) is 2.98. The molecular weight excluding hydrogens is 281 g/mol. The van der Waals surface area contributed by atoms with E-state index in [0.29, 0.717) is 5.56 Å². The summed E-state index contributed by atoms with van der Waals surface area (Å²) >= 11 is 0. The fourth-order valence-electron chi connectivity index (χ4n) is 1.77. The van der Waals surface area contributed by atoms with Crippen molar-refractivity contribution in [3.8, 4) is 0 Å². The number of aliphatic hydroxyl groups excluding tert-OH is 1. The predicted molar refractivity (Wildman–Crippen MR) is 73.0 cm³/mol. The van der Waals surface area contributed by atoms with Crippen LogP contribution in [0.2, 0.25) is 0 Å². The minimum atomic E-state index is -3.81. The molecule has 4 nitrogen and oxygen atoms in total. The number of sulfonamides is 1. The van der Waals surface area contributed by atoms with Gasteiger partial charge in [0.05, 0.1) is 17.5 Å². The Morgan fingerprint density at radius 1 is 1.05 bits per heavy atom. The Bertz CT molecular complexity index is 657. The molecule has 1 atom stereocenters. The minimum Gasteiger partial charge on any atom is -0.394 e. The van der Waals surface area contributed by atoms with E-state index in [9.17, 15) is 17.9 Å². The average Bonchev–Trinajstić information content (AvgIpc) is 2.46. The Labute approximate surface area is 116 Å². The van der Waals surface area contributed by atoms with Crippen molar-refractivity contribution in [3.63, 3.8) is 0 Å². The Balaban J connectivity index is 2.24. The molecule has 0 heterocycles. The van der Waals surface area contributed by atoms with Gasteiger partial charge in [-0.25, -0.2) is 17.5 Å². The van der Waals surface area contributed by atoms with E-state index in [4.69, 9.17) is 0 Å². The maximum Gasteiger partial charge on any atom is 0.241 e. The lowest BCUT2D eigenvalue weighted by molar-refractivity contribution is 0.259. The van der Waals surface area contributed by atoms with Gasteiger partial charge in [-0.1, -0.05) is 30.3 Å². The molecule has 2 rings (SSSR count). The molecule has 0 amide bonds. The first kappa shape index (κ1) is 14.6. The molecule has 0 aromatic heterocycles. The topological polar surface area (TPSA) is 66.4 Å². The maximum atomic E-state index is 12.8. The van der Waals surface area contributed by atoms with E-state index in [1.54, 1.807) is 30.3 Å². The van der Waals surface area contributed by atoms with Gasteiger partial charge in [-0.3, -0.25) is 0 Å². The molecule has 0 aliphatic rings. The lowest BCUT2D eigenvalue weighted by Crippen LogP contribution is -2.30. The number of hydrogen-bond acceptors (Lipinski definition) is 3. The van der Waals surface area contributed by atoms with Gasteiger partial charge in [0, 0.05) is 0 Å². The van der Waals surface area contributed by atoms with Gasteiger partial charge in [0.15, 0.2) is 0 Å². The maximum absolute atomic E-state index is 12.8. The monoisotopic (exact) mass is 295 g/mol. The normalized spacial score (nSPS) is 13.1. The molecule has 0 radical (unpaired) electrons. The van der Waals surface area contributed by atoms with E-state index in [1.807, 2.05) is 0 Å². The zero-order valence-electron chi connectivity index (χ0n) is 10.5. The molecule has 0 saturated heterocycles. The molecule has 0 unspecified atom stereocenters. The van der Waals surface area contributed by atoms with Crippen molar-refractivity contribution in [1.29, 1.82) is 0 Å². The molecule has 20 heavy (non-hydrogen) atoms. The molecule has 106 valence electrons. The molecule has 2 aromatic carbocycles. The van der Waals surface area contributed by atoms with Crippen LogP contribution in [0.25, 0.3) is 0 Å². The van der Waals surface area contributed by atoms with Crippen LogP contribution >= 0.6 is 0 Å². The molecular formula is C14H14FNO3S. The fraction of sp³-hybridized carbons (Fsp3) is 0.143. The minimum absolute atomic E-state index is 0.0479. The number of nitrogens with one attached hydrogen (secondary N) is 1. The summed E-state index contributed by atoms with van der Waals surface area (Å²) in [5.41, 5.74) is 0.653. The smallest absolute Gasteiger partial charge is 0.241 e. The highest BCUT2D eigenvalue weighted by atomic mass is 32.2. The highest BCUT2D eigenvalue weighted by Gasteiger charge is 2.20. The van der Waals surface area contributed by atoms with Crippen LogP contribution < -0.4 is 4.72 Å². The number of hydrogen-bond donors (Lipinski definition) is 2. The SMILES string of the molecule is O=S(=O)(N[C@@H](CO)c1ccccc1)c1ccc(F)cc1. The van der Waals surface area contributed by atoms with Crippen molar-refractivity contribution in [2.24, 2.45) is 0 Å². The molecule has 0 aliphatic heterocycles. The van der Waals surface area contributed by atoms with Gasteiger partial charge >= 0.3 is 0 Å². The summed E-state index contributed by atoms with van der Waals surface area (Å²) in [5, 5.41) is 9.35. The standard InChI is InChI=1S/C14H14FNO3S/c15-12-6-8-13(9-7-12)20(18,19)16-14(10-17)11-4-2-1-3-5-11/h1-9,14,16-17H,10H2/t14-/m0/s1. The van der Waals surface area contributed by atoms with Gasteiger partial charge in [0.1, 0.15) is 5.82 Å². The van der Waals surface area contributed by atoms with Crippen LogP contribution in [0, 0.1) is 5.82 Å². The molecule has 0 bridgehead atoms. The van der Waals surface area contributed by atoms with Gasteiger partial charge in [-0.15, -0.1) is 0 Å². The van der Waals surface area contributed by atoms with Crippen LogP contribution in [-0.2, 0) is 10.0 Å². The lowest BCUT2D eigenvalue weighted by Gasteiger charge is -2.16. The van der Waals surface area contributed by atoms with E-state index < -0.39 is 21.9 Å². The van der Waals surface area contributed by atoms with E-state index in [2.05, 4.69) is 4.72 Å². The second kappa shape index (κ2) is 6.13. The average molecular weight is 295 g/mol. The quantitative estimate of drug-likeness (QED) is 0.884. The summed E-state index contributed by atoms with van der Waals surface area (Å²) in [4.78, 5) is -0.0479. The highest BCUT2D eigenvalue weighted by Crippen LogP contribution is 2.17. The zero-order chi connectivity index (χ0) is 14.6. The van der Waals surface area contributed by atoms with E-state index in [0.717, 1.165) is 12.1 Å². The van der Waals surface area contributed by atoms with Gasteiger partial charge < -0.3 is 5.11 Å². The lowest BCUT2D eigenvalue weighted by atomic mass is 10.1. The van der Waals surface area contributed by atoms with Gasteiger partial charge in [0.2, 0.25) is 10.0 Å². The van der Waals surface area contributed by atoms with Crippen LogP contribution in [0.3, 0.4) is 0 Å². The van der Waals surface area contributed by atoms with Crippen molar-refractivity contribution in [3.05, 3.63) is 66.0 Å². The Morgan fingerprint density at radius 2 is 1.65 bits per heavy atom. The third-order valence-corrected chi connectivity index (χ3v) is 4.29. The van der Waals surface area contributed by atoms with Crippen LogP contribution in [0.1, 0.15) is 11.6 Å². The molecule has 2 aromatic rings. The highest BCUT2D eigenvalue weighted by molar-refractivity contribution is 7.89. The van der Waals surface area contributed by atoms with Crippen LogP contribution in [0.4, 0.5) is 4.39 Å². The molecule has 0 saturated carbocycles. The van der Waals surface area contributed by atoms with Crippen molar-refractivity contribution >= 4 is 10.0 Å². The summed E-state index contributed by atoms with van der Waals surface area (Å²) in [7, 11) is -3.81. The van der Waals surface area contributed by atoms with Gasteiger partial charge in [-0.2, -0.15) is 0 Å². The van der Waals surface area contributed by atoms with Crippen molar-refractivity contribution < 1.29 is 17.9 Å². The summed E-state index contributed by atoms with van der Waals surface area (Å²) in [6, 6.07) is 12.5. The Morgan fingerprint density at radius 3 is 2.20 bits per heavy atom. The van der Waals surface area contributed by atoms with E-state index >= 15 is 0 Å². The summed E-state index contributed by atoms with van der Waals surface area (Å²) in [6.07, 6.45) is 0. The first-order valence-electron chi connectivity index (χ1n) is 5.96. The molecule has 2 N–H and O–H groups in total. The van der Waals surface area contributed by atoms with Crippen LogP contribution in [0.5, 0.6) is 0 Å². The second-order valence-corrected chi connectivity index (χ2v) is 5.94. The third kappa shape index (κ3) is 3.41. The van der Waals surface area contributed by atoms with Crippen molar-refractivity contribution in [1.82, 2.24) is 4.72 Å². The summed E-state index contributed by atoms with van der Waals surface area (Å²) in [5.74, 6) is -0.509. The predicted octanol–water partition coefficient (Wildman–Crippen LogP) is 1.84. The first-order valence-corrected chi connectivity index (χ1v) is 7.45. The molecule has 0 aliphatic carbocycles. The van der Waals surface area contributed by atoms with Crippen LogP contribution in [-0.4, -0.2) is 20.1 Å². The summed E-state index contributed by atoms with van der Waals surface area (Å²) < 4.78 is 39.5. The van der Waals surface area contributed by atoms with Gasteiger partial charge in [-0.05, 0) is 29.8 Å². The van der Waals surface area contributed by atoms with Gasteiger partial charge in [0.25, 0.3) is 0 Å².